The summed E-state index contributed by atoms with van der Waals surface area (Å²) in [6.45, 7) is 0. The van der Waals surface area contributed by atoms with E-state index >= 15 is 0 Å². The number of hydrogen-bond donors (Lipinski definition) is 2. The number of carbonyl (C=O) groups is 1. The van der Waals surface area contributed by atoms with Gasteiger partial charge >= 0.3 is 0 Å². The Balaban J connectivity index is 1.74. The minimum absolute atomic E-state index is 0.131. The summed E-state index contributed by atoms with van der Waals surface area (Å²) in [4.78, 5) is 14.3. The van der Waals surface area contributed by atoms with Crippen molar-refractivity contribution >= 4 is 33.0 Å². The van der Waals surface area contributed by atoms with E-state index in [1.54, 1.807) is 17.4 Å². The van der Waals surface area contributed by atoms with Gasteiger partial charge in [-0.1, -0.05) is 0 Å². The van der Waals surface area contributed by atoms with Crippen LogP contribution in [0.5, 0.6) is 5.75 Å². The number of nitrogens with one attached hydrogen (secondary N) is 1. The van der Waals surface area contributed by atoms with E-state index in [4.69, 9.17) is 9.88 Å². The minimum Gasteiger partial charge on any atom is -0.495 e. The number of anilines is 1. The highest BCUT2D eigenvalue weighted by atomic mass is 32.2. The van der Waals surface area contributed by atoms with Crippen LogP contribution in [0.4, 0.5) is 5.69 Å². The number of aryl methyl sites for hydroxylation is 1. The maximum atomic E-state index is 13.2. The number of benzene rings is 1. The number of thiophene rings is 1. The lowest BCUT2D eigenvalue weighted by Crippen LogP contribution is -2.18. The number of aromatic nitrogens is 1. The highest BCUT2D eigenvalue weighted by Gasteiger charge is 2.26. The van der Waals surface area contributed by atoms with Crippen molar-refractivity contribution in [3.05, 3.63) is 58.7 Å². The van der Waals surface area contributed by atoms with E-state index in [0.717, 1.165) is 36.2 Å². The molecule has 0 spiro atoms. The monoisotopic (exact) mass is 431 g/mol. The first-order chi connectivity index (χ1) is 13.9. The number of methoxy groups -OCH3 is 1. The van der Waals surface area contributed by atoms with Gasteiger partial charge in [0, 0.05) is 23.0 Å². The SMILES string of the molecule is COc1ccc(NC(=O)c2c(-n3cccc3)sc3c2CCCC3)cc1S(N)(=O)=O. The molecular formula is C20H21N3O4S2. The Morgan fingerprint density at radius 1 is 1.21 bits per heavy atom. The molecule has 2 aromatic heterocycles. The summed E-state index contributed by atoms with van der Waals surface area (Å²) in [6, 6.07) is 8.23. The molecule has 0 bridgehead atoms. The third kappa shape index (κ3) is 3.81. The van der Waals surface area contributed by atoms with Gasteiger partial charge in [0.2, 0.25) is 10.0 Å². The first kappa shape index (κ1) is 19.7. The average Bonchev–Trinajstić information content (AvgIpc) is 3.34. The Morgan fingerprint density at radius 2 is 1.93 bits per heavy atom. The van der Waals surface area contributed by atoms with E-state index in [-0.39, 0.29) is 16.6 Å². The summed E-state index contributed by atoms with van der Waals surface area (Å²) in [6.07, 6.45) is 7.84. The number of amides is 1. The van der Waals surface area contributed by atoms with Crippen molar-refractivity contribution < 1.29 is 17.9 Å². The van der Waals surface area contributed by atoms with E-state index in [0.29, 0.717) is 11.3 Å². The number of hydrogen-bond acceptors (Lipinski definition) is 5. The van der Waals surface area contributed by atoms with Crippen LogP contribution in [0.3, 0.4) is 0 Å². The first-order valence-electron chi connectivity index (χ1n) is 9.18. The lowest BCUT2D eigenvalue weighted by atomic mass is 9.95. The molecule has 152 valence electrons. The molecular weight excluding hydrogens is 410 g/mol. The summed E-state index contributed by atoms with van der Waals surface area (Å²) in [5.41, 5.74) is 2.07. The number of primary sulfonamides is 1. The van der Waals surface area contributed by atoms with Crippen molar-refractivity contribution in [1.82, 2.24) is 4.57 Å². The van der Waals surface area contributed by atoms with Crippen molar-refractivity contribution in [2.75, 3.05) is 12.4 Å². The lowest BCUT2D eigenvalue weighted by Gasteiger charge is -2.14. The predicted molar refractivity (Wildman–Crippen MR) is 113 cm³/mol. The van der Waals surface area contributed by atoms with Crippen LogP contribution < -0.4 is 15.2 Å². The molecule has 3 aromatic rings. The van der Waals surface area contributed by atoms with Gasteiger partial charge in [-0.15, -0.1) is 11.3 Å². The maximum absolute atomic E-state index is 13.2. The van der Waals surface area contributed by atoms with E-state index in [9.17, 15) is 13.2 Å². The number of rotatable bonds is 5. The molecule has 0 saturated carbocycles. The molecule has 29 heavy (non-hydrogen) atoms. The quantitative estimate of drug-likeness (QED) is 0.647. The highest BCUT2D eigenvalue weighted by molar-refractivity contribution is 7.89. The second-order valence-corrected chi connectivity index (χ2v) is 9.46. The van der Waals surface area contributed by atoms with Crippen LogP contribution in [0.25, 0.3) is 5.00 Å². The summed E-state index contributed by atoms with van der Waals surface area (Å²) in [5, 5.41) is 9.00. The molecule has 0 fully saturated rings. The fraction of sp³-hybridized carbons (Fsp3) is 0.250. The summed E-state index contributed by atoms with van der Waals surface area (Å²) in [7, 11) is -2.63. The van der Waals surface area contributed by atoms with Crippen LogP contribution >= 0.6 is 11.3 Å². The maximum Gasteiger partial charge on any atom is 0.258 e. The average molecular weight is 432 g/mol. The predicted octanol–water partition coefficient (Wildman–Crippen LogP) is 3.33. The smallest absolute Gasteiger partial charge is 0.258 e. The Kier molecular flexibility index (Phi) is 5.20. The second kappa shape index (κ2) is 7.66. The topological polar surface area (TPSA) is 103 Å². The summed E-state index contributed by atoms with van der Waals surface area (Å²) in [5.74, 6) is -0.134. The molecule has 1 amide bonds. The molecule has 1 aliphatic carbocycles. The third-order valence-corrected chi connectivity index (χ3v) is 7.18. The van der Waals surface area contributed by atoms with Gasteiger partial charge in [0.25, 0.3) is 5.91 Å². The molecule has 0 saturated heterocycles. The minimum atomic E-state index is -3.99. The number of ether oxygens (including phenoxy) is 1. The molecule has 1 aromatic carbocycles. The molecule has 0 radical (unpaired) electrons. The number of nitrogens with zero attached hydrogens (tertiary/aromatic N) is 1. The van der Waals surface area contributed by atoms with Crippen molar-refractivity contribution in [3.8, 4) is 10.8 Å². The number of carbonyl (C=O) groups excluding carboxylic acids is 1. The zero-order valence-electron chi connectivity index (χ0n) is 15.8. The molecule has 0 unspecified atom stereocenters. The Labute approximate surface area is 173 Å². The number of fused-ring (bicyclic) bond motifs is 1. The Bertz CT molecular complexity index is 1160. The molecule has 0 aliphatic heterocycles. The van der Waals surface area contributed by atoms with Gasteiger partial charge in [-0.3, -0.25) is 4.79 Å². The molecule has 7 nitrogen and oxygen atoms in total. The molecule has 4 rings (SSSR count). The molecule has 1 aliphatic rings. The molecule has 2 heterocycles. The van der Waals surface area contributed by atoms with E-state index in [1.165, 1.54) is 24.1 Å². The largest absolute Gasteiger partial charge is 0.495 e. The van der Waals surface area contributed by atoms with Crippen molar-refractivity contribution in [3.63, 3.8) is 0 Å². The normalized spacial score (nSPS) is 13.7. The first-order valence-corrected chi connectivity index (χ1v) is 11.5. The fourth-order valence-corrected chi connectivity index (χ4v) is 5.68. The molecule has 0 atom stereocenters. The molecule has 3 N–H and O–H groups in total. The van der Waals surface area contributed by atoms with Gasteiger partial charge in [-0.05, 0) is 61.6 Å². The van der Waals surface area contributed by atoms with Crippen LogP contribution in [0, 0.1) is 0 Å². The summed E-state index contributed by atoms with van der Waals surface area (Å²) < 4.78 is 30.7. The van der Waals surface area contributed by atoms with Gasteiger partial charge in [0.1, 0.15) is 15.6 Å². The van der Waals surface area contributed by atoms with Gasteiger partial charge < -0.3 is 14.6 Å². The Morgan fingerprint density at radius 3 is 2.62 bits per heavy atom. The van der Waals surface area contributed by atoms with Gasteiger partial charge in [-0.2, -0.15) is 0 Å². The van der Waals surface area contributed by atoms with Crippen molar-refractivity contribution in [2.24, 2.45) is 5.14 Å². The highest BCUT2D eigenvalue weighted by Crippen LogP contribution is 2.37. The lowest BCUT2D eigenvalue weighted by molar-refractivity contribution is 0.102. The molecule has 9 heteroatoms. The van der Waals surface area contributed by atoms with E-state index < -0.39 is 10.0 Å². The van der Waals surface area contributed by atoms with Crippen LogP contribution in [-0.4, -0.2) is 26.0 Å². The van der Waals surface area contributed by atoms with Crippen LogP contribution in [0.1, 0.15) is 33.6 Å². The second-order valence-electron chi connectivity index (χ2n) is 6.85. The van der Waals surface area contributed by atoms with Crippen molar-refractivity contribution in [2.45, 2.75) is 30.6 Å². The number of nitrogens with two attached hydrogens (primary N) is 1. The van der Waals surface area contributed by atoms with Crippen molar-refractivity contribution in [1.29, 1.82) is 0 Å². The zero-order valence-corrected chi connectivity index (χ0v) is 17.5. The third-order valence-electron chi connectivity index (χ3n) is 4.95. The van der Waals surface area contributed by atoms with E-state index in [2.05, 4.69) is 5.32 Å². The standard InChI is InChI=1S/C20H21N3O4S2/c1-27-15-9-8-13(12-17(15)29(21,25)26)22-19(24)18-14-6-2-3-7-16(14)28-20(18)23-10-4-5-11-23/h4-5,8-12H,2-3,6-7H2,1H3,(H,22,24)(H2,21,25,26). The Hall–Kier alpha value is -2.62. The fourth-order valence-electron chi connectivity index (χ4n) is 3.61. The van der Waals surface area contributed by atoms with Gasteiger partial charge in [0.05, 0.1) is 12.7 Å². The van der Waals surface area contributed by atoms with Crippen LogP contribution in [0.2, 0.25) is 0 Å². The van der Waals surface area contributed by atoms with Crippen LogP contribution in [0.15, 0.2) is 47.6 Å². The number of sulfonamides is 1. The summed E-state index contributed by atoms with van der Waals surface area (Å²) >= 11 is 1.64. The van der Waals surface area contributed by atoms with Crippen LogP contribution in [-0.2, 0) is 22.9 Å². The zero-order chi connectivity index (χ0) is 20.6. The van der Waals surface area contributed by atoms with E-state index in [1.807, 2.05) is 29.1 Å². The van der Waals surface area contributed by atoms with Gasteiger partial charge in [-0.25, -0.2) is 13.6 Å². The van der Waals surface area contributed by atoms with Gasteiger partial charge in [0.15, 0.2) is 0 Å².